The van der Waals surface area contributed by atoms with E-state index >= 15 is 0 Å². The SMILES string of the molecule is COC(=O)C(C)N(C)C1CCN(C)CC1. The highest BCUT2D eigenvalue weighted by Gasteiger charge is 2.27. The number of hydrogen-bond acceptors (Lipinski definition) is 4. The molecule has 1 rings (SSSR count). The van der Waals surface area contributed by atoms with Crippen molar-refractivity contribution < 1.29 is 9.53 Å². The summed E-state index contributed by atoms with van der Waals surface area (Å²) in [5.41, 5.74) is 0. The number of rotatable bonds is 3. The average Bonchev–Trinajstić information content (AvgIpc) is 2.27. The van der Waals surface area contributed by atoms with Crippen molar-refractivity contribution in [2.24, 2.45) is 0 Å². The Hall–Kier alpha value is -0.610. The minimum atomic E-state index is -0.142. The maximum Gasteiger partial charge on any atom is 0.322 e. The van der Waals surface area contributed by atoms with Crippen molar-refractivity contribution in [2.45, 2.75) is 31.8 Å². The Labute approximate surface area is 92.2 Å². The van der Waals surface area contributed by atoms with Gasteiger partial charge in [0.15, 0.2) is 0 Å². The molecule has 1 heterocycles. The molecule has 0 saturated carbocycles. The van der Waals surface area contributed by atoms with E-state index in [1.807, 2.05) is 14.0 Å². The van der Waals surface area contributed by atoms with Gasteiger partial charge in [-0.25, -0.2) is 0 Å². The maximum absolute atomic E-state index is 11.4. The first-order valence-electron chi connectivity index (χ1n) is 5.54. The first kappa shape index (κ1) is 12.5. The number of carbonyl (C=O) groups is 1. The molecular formula is C11H22N2O2. The Kier molecular flexibility index (Phi) is 4.54. The molecule has 0 aromatic rings. The quantitative estimate of drug-likeness (QED) is 0.643. The zero-order chi connectivity index (χ0) is 11.4. The van der Waals surface area contributed by atoms with Crippen LogP contribution < -0.4 is 0 Å². The minimum Gasteiger partial charge on any atom is -0.468 e. The number of ether oxygens (including phenoxy) is 1. The van der Waals surface area contributed by atoms with Crippen molar-refractivity contribution in [3.05, 3.63) is 0 Å². The lowest BCUT2D eigenvalue weighted by Crippen LogP contribution is -2.48. The van der Waals surface area contributed by atoms with Crippen LogP contribution in [0.1, 0.15) is 19.8 Å². The highest BCUT2D eigenvalue weighted by Crippen LogP contribution is 2.16. The van der Waals surface area contributed by atoms with Crippen molar-refractivity contribution >= 4 is 5.97 Å². The number of carbonyl (C=O) groups excluding carboxylic acids is 1. The number of hydrogen-bond donors (Lipinski definition) is 0. The summed E-state index contributed by atoms with van der Waals surface area (Å²) in [4.78, 5) is 15.9. The molecule has 1 aliphatic heterocycles. The first-order valence-corrected chi connectivity index (χ1v) is 5.54. The van der Waals surface area contributed by atoms with Gasteiger partial charge in [0.1, 0.15) is 6.04 Å². The molecule has 0 aromatic heterocycles. The van der Waals surface area contributed by atoms with Crippen LogP contribution in [-0.2, 0) is 9.53 Å². The summed E-state index contributed by atoms with van der Waals surface area (Å²) in [6.45, 7) is 4.13. The lowest BCUT2D eigenvalue weighted by Gasteiger charge is -2.37. The standard InChI is InChI=1S/C11H22N2O2/c1-9(11(14)15-4)13(3)10-5-7-12(2)8-6-10/h9-10H,5-8H2,1-4H3. The van der Waals surface area contributed by atoms with Crippen molar-refractivity contribution in [2.75, 3.05) is 34.3 Å². The second kappa shape index (κ2) is 5.47. The highest BCUT2D eigenvalue weighted by atomic mass is 16.5. The summed E-state index contributed by atoms with van der Waals surface area (Å²) >= 11 is 0. The van der Waals surface area contributed by atoms with Crippen LogP contribution in [0.5, 0.6) is 0 Å². The Balaban J connectivity index is 2.45. The molecule has 88 valence electrons. The third-order valence-electron chi connectivity index (χ3n) is 3.42. The van der Waals surface area contributed by atoms with Crippen molar-refractivity contribution in [3.8, 4) is 0 Å². The van der Waals surface area contributed by atoms with Gasteiger partial charge in [0.05, 0.1) is 7.11 Å². The number of nitrogens with zero attached hydrogens (tertiary/aromatic N) is 2. The van der Waals surface area contributed by atoms with Gasteiger partial charge in [0.25, 0.3) is 0 Å². The van der Waals surface area contributed by atoms with Crippen LogP contribution in [0.2, 0.25) is 0 Å². The predicted octanol–water partition coefficient (Wildman–Crippen LogP) is 0.574. The van der Waals surface area contributed by atoms with Crippen molar-refractivity contribution in [1.82, 2.24) is 9.80 Å². The second-order valence-electron chi connectivity index (χ2n) is 4.40. The molecule has 1 aliphatic rings. The summed E-state index contributed by atoms with van der Waals surface area (Å²) in [6.07, 6.45) is 2.27. The van der Waals surface area contributed by atoms with Gasteiger partial charge in [0, 0.05) is 6.04 Å². The van der Waals surface area contributed by atoms with Crippen molar-refractivity contribution in [1.29, 1.82) is 0 Å². The normalized spacial score (nSPS) is 21.7. The molecule has 1 fully saturated rings. The Morgan fingerprint density at radius 3 is 2.47 bits per heavy atom. The van der Waals surface area contributed by atoms with Crippen LogP contribution in [0.4, 0.5) is 0 Å². The summed E-state index contributed by atoms with van der Waals surface area (Å²) in [5.74, 6) is -0.142. The van der Waals surface area contributed by atoms with Gasteiger partial charge in [-0.1, -0.05) is 0 Å². The molecule has 1 atom stereocenters. The molecule has 0 bridgehead atoms. The lowest BCUT2D eigenvalue weighted by molar-refractivity contribution is -0.146. The van der Waals surface area contributed by atoms with Gasteiger partial charge in [0.2, 0.25) is 0 Å². The summed E-state index contributed by atoms with van der Waals surface area (Å²) < 4.78 is 4.75. The van der Waals surface area contributed by atoms with E-state index in [0.29, 0.717) is 6.04 Å². The predicted molar refractivity (Wildman–Crippen MR) is 59.8 cm³/mol. The molecule has 0 aromatic carbocycles. The Morgan fingerprint density at radius 2 is 2.00 bits per heavy atom. The molecule has 0 amide bonds. The highest BCUT2D eigenvalue weighted by molar-refractivity contribution is 5.75. The number of methoxy groups -OCH3 is 1. The maximum atomic E-state index is 11.4. The van der Waals surface area contributed by atoms with E-state index in [1.54, 1.807) is 0 Å². The largest absolute Gasteiger partial charge is 0.468 e. The van der Waals surface area contributed by atoms with Crippen LogP contribution in [0, 0.1) is 0 Å². The number of esters is 1. The molecule has 1 saturated heterocycles. The van der Waals surface area contributed by atoms with E-state index in [0.717, 1.165) is 25.9 Å². The number of likely N-dealkylation sites (tertiary alicyclic amines) is 1. The average molecular weight is 214 g/mol. The summed E-state index contributed by atoms with van der Waals surface area (Å²) in [5, 5.41) is 0. The van der Waals surface area contributed by atoms with Gasteiger partial charge in [-0.15, -0.1) is 0 Å². The van der Waals surface area contributed by atoms with Gasteiger partial charge in [-0.3, -0.25) is 9.69 Å². The zero-order valence-corrected chi connectivity index (χ0v) is 10.2. The molecule has 0 spiro atoms. The van der Waals surface area contributed by atoms with Crippen LogP contribution in [0.15, 0.2) is 0 Å². The van der Waals surface area contributed by atoms with Gasteiger partial charge in [-0.2, -0.15) is 0 Å². The fourth-order valence-corrected chi connectivity index (χ4v) is 2.06. The fourth-order valence-electron chi connectivity index (χ4n) is 2.06. The monoisotopic (exact) mass is 214 g/mol. The Morgan fingerprint density at radius 1 is 1.47 bits per heavy atom. The van der Waals surface area contributed by atoms with Gasteiger partial charge in [-0.05, 0) is 47.0 Å². The topological polar surface area (TPSA) is 32.8 Å². The molecular weight excluding hydrogens is 192 g/mol. The van der Waals surface area contributed by atoms with E-state index in [2.05, 4.69) is 16.8 Å². The van der Waals surface area contributed by atoms with E-state index in [9.17, 15) is 4.79 Å². The lowest BCUT2D eigenvalue weighted by atomic mass is 10.0. The van der Waals surface area contributed by atoms with Crippen LogP contribution in [0.25, 0.3) is 0 Å². The van der Waals surface area contributed by atoms with Crippen molar-refractivity contribution in [3.63, 3.8) is 0 Å². The van der Waals surface area contributed by atoms with Gasteiger partial charge >= 0.3 is 5.97 Å². The second-order valence-corrected chi connectivity index (χ2v) is 4.40. The molecule has 0 radical (unpaired) electrons. The third kappa shape index (κ3) is 3.18. The number of likely N-dealkylation sites (N-methyl/N-ethyl adjacent to an activating group) is 1. The first-order chi connectivity index (χ1) is 7.06. The molecule has 1 unspecified atom stereocenters. The van der Waals surface area contributed by atoms with E-state index < -0.39 is 0 Å². The molecule has 0 N–H and O–H groups in total. The summed E-state index contributed by atoms with van der Waals surface area (Å²) in [7, 11) is 5.60. The molecule has 15 heavy (non-hydrogen) atoms. The smallest absolute Gasteiger partial charge is 0.322 e. The molecule has 4 nitrogen and oxygen atoms in total. The number of piperidine rings is 1. The van der Waals surface area contributed by atoms with E-state index in [4.69, 9.17) is 4.74 Å². The van der Waals surface area contributed by atoms with Crippen LogP contribution in [-0.4, -0.2) is 62.1 Å². The summed E-state index contributed by atoms with van der Waals surface area (Å²) in [6, 6.07) is 0.374. The van der Waals surface area contributed by atoms with Crippen LogP contribution >= 0.6 is 0 Å². The Bertz CT molecular complexity index is 213. The minimum absolute atomic E-state index is 0.136. The fraction of sp³-hybridized carbons (Fsp3) is 0.909. The van der Waals surface area contributed by atoms with E-state index in [1.165, 1.54) is 7.11 Å². The van der Waals surface area contributed by atoms with Crippen LogP contribution in [0.3, 0.4) is 0 Å². The zero-order valence-electron chi connectivity index (χ0n) is 10.2. The molecule has 4 heteroatoms. The third-order valence-corrected chi connectivity index (χ3v) is 3.42. The van der Waals surface area contributed by atoms with Gasteiger partial charge < -0.3 is 9.64 Å². The van der Waals surface area contributed by atoms with E-state index in [-0.39, 0.29) is 12.0 Å². The molecule has 0 aliphatic carbocycles.